The molecule has 1 atom stereocenters. The molecule has 0 fully saturated rings. The highest BCUT2D eigenvalue weighted by Crippen LogP contribution is 2.15. The van der Waals surface area contributed by atoms with Gasteiger partial charge in [0.15, 0.2) is 0 Å². The van der Waals surface area contributed by atoms with Gasteiger partial charge in [-0.05, 0) is 67.5 Å². The molecular weight excluding hydrogens is 385 g/mol. The Kier molecular flexibility index (Phi) is 6.00. The molecule has 116 valence electrons. The first-order chi connectivity index (χ1) is 9.58. The molecule has 2 N–H and O–H groups in total. The van der Waals surface area contributed by atoms with Crippen molar-refractivity contribution >= 4 is 34.7 Å². The molecule has 1 aromatic rings. The number of hydrogen-bond donors (Lipinski definition) is 2. The normalized spacial score (nSPS) is 12.6. The Morgan fingerprint density at radius 3 is 2.48 bits per heavy atom. The Balaban J connectivity index is 2.76. The molecule has 0 aliphatic carbocycles. The first-order valence-electron chi connectivity index (χ1n) is 6.56. The molecule has 0 unspecified atom stereocenters. The third-order valence-corrected chi connectivity index (χ3v) is 3.83. The average molecular weight is 405 g/mol. The van der Waals surface area contributed by atoms with Crippen LogP contribution in [0.1, 0.15) is 31.9 Å². The molecule has 0 aliphatic heterocycles. The van der Waals surface area contributed by atoms with E-state index in [1.807, 2.05) is 25.1 Å². The SMILES string of the molecule is Cc1ccc(C[C@@H](NC(=O)OC(C)(C)C)C(=O)O)cc1I. The number of ether oxygens (including phenoxy) is 1. The average Bonchev–Trinajstić information content (AvgIpc) is 2.30. The largest absolute Gasteiger partial charge is 0.480 e. The zero-order valence-corrected chi connectivity index (χ0v) is 14.7. The number of nitrogens with one attached hydrogen (secondary N) is 1. The number of benzene rings is 1. The van der Waals surface area contributed by atoms with Crippen molar-refractivity contribution in [1.82, 2.24) is 5.32 Å². The monoisotopic (exact) mass is 405 g/mol. The van der Waals surface area contributed by atoms with Crippen LogP contribution in [0.5, 0.6) is 0 Å². The molecule has 21 heavy (non-hydrogen) atoms. The van der Waals surface area contributed by atoms with Gasteiger partial charge >= 0.3 is 12.1 Å². The molecule has 1 aromatic carbocycles. The van der Waals surface area contributed by atoms with Crippen molar-refractivity contribution in [3.8, 4) is 0 Å². The maximum atomic E-state index is 11.7. The maximum absolute atomic E-state index is 11.7. The molecule has 0 spiro atoms. The number of hydrogen-bond acceptors (Lipinski definition) is 3. The summed E-state index contributed by atoms with van der Waals surface area (Å²) in [5.74, 6) is -1.09. The standard InChI is InChI=1S/C15H20INO4/c1-9-5-6-10(7-11(9)16)8-12(13(18)19)17-14(20)21-15(2,3)4/h5-7,12H,8H2,1-4H3,(H,17,20)(H,18,19)/t12-/m1/s1. The van der Waals surface area contributed by atoms with Crippen LogP contribution in [0.3, 0.4) is 0 Å². The van der Waals surface area contributed by atoms with Gasteiger partial charge in [0.2, 0.25) is 0 Å². The van der Waals surface area contributed by atoms with Crippen molar-refractivity contribution in [2.24, 2.45) is 0 Å². The van der Waals surface area contributed by atoms with Crippen LogP contribution < -0.4 is 5.32 Å². The summed E-state index contributed by atoms with van der Waals surface area (Å²) in [6, 6.07) is 4.70. The summed E-state index contributed by atoms with van der Waals surface area (Å²) in [6.07, 6.45) is -0.512. The molecule has 0 bridgehead atoms. The molecule has 0 radical (unpaired) electrons. The minimum absolute atomic E-state index is 0.213. The lowest BCUT2D eigenvalue weighted by Gasteiger charge is -2.22. The van der Waals surface area contributed by atoms with Crippen LogP contribution in [-0.4, -0.2) is 28.8 Å². The van der Waals surface area contributed by atoms with Gasteiger partial charge < -0.3 is 15.2 Å². The van der Waals surface area contributed by atoms with E-state index in [-0.39, 0.29) is 6.42 Å². The first-order valence-corrected chi connectivity index (χ1v) is 7.64. The van der Waals surface area contributed by atoms with E-state index in [0.717, 1.165) is 14.7 Å². The topological polar surface area (TPSA) is 75.6 Å². The minimum atomic E-state index is -1.09. The van der Waals surface area contributed by atoms with Gasteiger partial charge in [0, 0.05) is 9.99 Å². The zero-order chi connectivity index (χ0) is 16.2. The summed E-state index contributed by atoms with van der Waals surface area (Å²) in [5, 5.41) is 11.6. The first kappa shape index (κ1) is 17.7. The summed E-state index contributed by atoms with van der Waals surface area (Å²) in [5.41, 5.74) is 1.33. The van der Waals surface area contributed by atoms with E-state index in [4.69, 9.17) is 4.74 Å². The van der Waals surface area contributed by atoms with Crippen molar-refractivity contribution in [2.45, 2.75) is 45.8 Å². The number of rotatable bonds is 4. The Morgan fingerprint density at radius 2 is 2.00 bits per heavy atom. The van der Waals surface area contributed by atoms with Gasteiger partial charge in [0.1, 0.15) is 11.6 Å². The van der Waals surface area contributed by atoms with Crippen molar-refractivity contribution < 1.29 is 19.4 Å². The Hall–Kier alpha value is -1.31. The lowest BCUT2D eigenvalue weighted by molar-refractivity contribution is -0.139. The summed E-state index contributed by atoms with van der Waals surface area (Å²) < 4.78 is 6.15. The van der Waals surface area contributed by atoms with Gasteiger partial charge in [-0.15, -0.1) is 0 Å². The number of carbonyl (C=O) groups excluding carboxylic acids is 1. The van der Waals surface area contributed by atoms with Crippen LogP contribution in [0.25, 0.3) is 0 Å². The zero-order valence-electron chi connectivity index (χ0n) is 12.6. The molecule has 0 heterocycles. The summed E-state index contributed by atoms with van der Waals surface area (Å²) in [4.78, 5) is 23.0. The van der Waals surface area contributed by atoms with Crippen LogP contribution >= 0.6 is 22.6 Å². The van der Waals surface area contributed by atoms with Gasteiger partial charge in [-0.2, -0.15) is 0 Å². The van der Waals surface area contributed by atoms with Gasteiger partial charge in [-0.3, -0.25) is 0 Å². The van der Waals surface area contributed by atoms with Gasteiger partial charge in [0.05, 0.1) is 0 Å². The summed E-state index contributed by atoms with van der Waals surface area (Å²) in [6.45, 7) is 7.17. The van der Waals surface area contributed by atoms with Crippen molar-refractivity contribution in [3.05, 3.63) is 32.9 Å². The van der Waals surface area contributed by atoms with Gasteiger partial charge in [-0.1, -0.05) is 12.1 Å². The predicted octanol–water partition coefficient (Wildman–Crippen LogP) is 3.12. The number of carboxylic acids is 1. The van der Waals surface area contributed by atoms with E-state index in [2.05, 4.69) is 27.9 Å². The van der Waals surface area contributed by atoms with Crippen LogP contribution in [0.2, 0.25) is 0 Å². The summed E-state index contributed by atoms with van der Waals surface area (Å²) in [7, 11) is 0. The van der Waals surface area contributed by atoms with Crippen LogP contribution in [-0.2, 0) is 16.0 Å². The van der Waals surface area contributed by atoms with E-state index in [0.29, 0.717) is 0 Å². The number of aliphatic carboxylic acids is 1. The lowest BCUT2D eigenvalue weighted by atomic mass is 10.0. The van der Waals surface area contributed by atoms with E-state index in [1.54, 1.807) is 20.8 Å². The molecular formula is C15H20INO4. The second-order valence-electron chi connectivity index (χ2n) is 5.82. The fraction of sp³-hybridized carbons (Fsp3) is 0.467. The molecule has 1 amide bonds. The van der Waals surface area contributed by atoms with E-state index >= 15 is 0 Å². The van der Waals surface area contributed by atoms with Crippen LogP contribution in [0, 0.1) is 10.5 Å². The molecule has 0 aliphatic rings. The van der Waals surface area contributed by atoms with Crippen LogP contribution in [0.4, 0.5) is 4.79 Å². The molecule has 0 saturated heterocycles. The number of halogens is 1. The summed E-state index contributed by atoms with van der Waals surface area (Å²) >= 11 is 2.20. The molecule has 5 nitrogen and oxygen atoms in total. The Labute approximate surface area is 138 Å². The second kappa shape index (κ2) is 7.11. The highest BCUT2D eigenvalue weighted by Gasteiger charge is 2.24. The number of alkyl carbamates (subject to hydrolysis) is 1. The smallest absolute Gasteiger partial charge is 0.408 e. The number of aryl methyl sites for hydroxylation is 1. The second-order valence-corrected chi connectivity index (χ2v) is 6.99. The molecule has 0 aromatic heterocycles. The minimum Gasteiger partial charge on any atom is -0.480 e. The van der Waals surface area contributed by atoms with E-state index < -0.39 is 23.7 Å². The lowest BCUT2D eigenvalue weighted by Crippen LogP contribution is -2.44. The molecule has 6 heteroatoms. The quantitative estimate of drug-likeness (QED) is 0.755. The molecule has 1 rings (SSSR count). The number of amides is 1. The fourth-order valence-corrected chi connectivity index (χ4v) is 2.23. The number of carbonyl (C=O) groups is 2. The van der Waals surface area contributed by atoms with Crippen molar-refractivity contribution in [3.63, 3.8) is 0 Å². The highest BCUT2D eigenvalue weighted by atomic mass is 127. The third kappa shape index (κ3) is 6.33. The van der Waals surface area contributed by atoms with E-state index in [1.165, 1.54) is 0 Å². The van der Waals surface area contributed by atoms with Crippen molar-refractivity contribution in [2.75, 3.05) is 0 Å². The van der Waals surface area contributed by atoms with Crippen LogP contribution in [0.15, 0.2) is 18.2 Å². The third-order valence-electron chi connectivity index (χ3n) is 2.67. The Morgan fingerprint density at radius 1 is 1.38 bits per heavy atom. The maximum Gasteiger partial charge on any atom is 0.408 e. The fourth-order valence-electron chi connectivity index (χ4n) is 1.65. The van der Waals surface area contributed by atoms with Gasteiger partial charge in [-0.25, -0.2) is 9.59 Å². The Bertz CT molecular complexity index is 537. The van der Waals surface area contributed by atoms with Gasteiger partial charge in [0.25, 0.3) is 0 Å². The molecule has 0 saturated carbocycles. The highest BCUT2D eigenvalue weighted by molar-refractivity contribution is 14.1. The predicted molar refractivity (Wildman–Crippen MR) is 88.4 cm³/mol. The number of carboxylic acid groups (broad SMARTS) is 1. The van der Waals surface area contributed by atoms with Crippen molar-refractivity contribution in [1.29, 1.82) is 0 Å². The van der Waals surface area contributed by atoms with E-state index in [9.17, 15) is 14.7 Å².